The largest absolute Gasteiger partial charge is 0.394 e. The van der Waals surface area contributed by atoms with E-state index in [0.717, 1.165) is 12.8 Å². The molecule has 4 nitrogen and oxygen atoms in total. The molecule has 28 heavy (non-hydrogen) atoms. The fraction of sp³-hybridized carbons (Fsp3) is 0.957. The molecule has 1 aliphatic rings. The van der Waals surface area contributed by atoms with Gasteiger partial charge in [-0.25, -0.2) is 0 Å². The molecule has 2 N–H and O–H groups in total. The Balaban J connectivity index is 1.82. The molecule has 0 aromatic rings. The fourth-order valence-electron chi connectivity index (χ4n) is 4.03. The Labute approximate surface area is 175 Å². The fourth-order valence-corrected chi connectivity index (χ4v) is 4.03. The number of carbonyl (C=O) groups is 1. The number of aliphatic hydroxyl groups is 1. The molecule has 0 unspecified atom stereocenters. The number of hydrogen-bond acceptors (Lipinski definition) is 3. The van der Waals surface area contributed by atoms with Gasteiger partial charge in [-0.2, -0.15) is 0 Å². The van der Waals surface area contributed by atoms with Crippen LogP contribution in [0.1, 0.15) is 116 Å². The molecule has 162 valence electrons. The van der Waals surface area contributed by atoms with Crippen molar-refractivity contribution in [3.8, 4) is 0 Å². The van der Waals surface area contributed by atoms with Gasteiger partial charge in [-0.15, -0.1) is 0 Å². The van der Waals surface area contributed by atoms with Gasteiger partial charge in [0.15, 0.2) is 0 Å². The van der Waals surface area contributed by atoms with Crippen molar-refractivity contribution in [1.82, 2.24) is 5.32 Å². The second-order valence-corrected chi connectivity index (χ2v) is 8.51. The van der Waals surface area contributed by atoms with Crippen LogP contribution in [0.2, 0.25) is 0 Å². The first-order valence-electron chi connectivity index (χ1n) is 12.0. The molecule has 0 saturated carbocycles. The first-order valence-corrected chi connectivity index (χ1v) is 12.0. The molecule has 2 radical (unpaired) electrons. The van der Waals surface area contributed by atoms with Gasteiger partial charge in [0.1, 0.15) is 14.0 Å². The van der Waals surface area contributed by atoms with Crippen LogP contribution in [-0.4, -0.2) is 43.6 Å². The highest BCUT2D eigenvalue weighted by Crippen LogP contribution is 2.18. The van der Waals surface area contributed by atoms with Gasteiger partial charge in [0.25, 0.3) is 0 Å². The number of rotatable bonds is 18. The number of ether oxygens (including phenoxy) is 1. The molecule has 1 aliphatic heterocycles. The lowest BCUT2D eigenvalue weighted by Crippen LogP contribution is -2.41. The third-order valence-electron chi connectivity index (χ3n) is 5.82. The molecule has 0 spiro atoms. The Morgan fingerprint density at radius 2 is 1.36 bits per heavy atom. The van der Waals surface area contributed by atoms with Crippen LogP contribution in [0.15, 0.2) is 0 Å². The normalized spacial score (nSPS) is 21.9. The second-order valence-electron chi connectivity index (χ2n) is 8.51. The van der Waals surface area contributed by atoms with Crippen LogP contribution in [0.25, 0.3) is 0 Å². The topological polar surface area (TPSA) is 58.6 Å². The summed E-state index contributed by atoms with van der Waals surface area (Å²) in [6.07, 6.45) is 20.7. The van der Waals surface area contributed by atoms with Crippen molar-refractivity contribution >= 4 is 13.8 Å². The van der Waals surface area contributed by atoms with Crippen molar-refractivity contribution in [2.75, 3.05) is 6.61 Å². The first-order chi connectivity index (χ1) is 13.7. The molecular formula is C23H44BNO3. The zero-order valence-electron chi connectivity index (χ0n) is 18.3. The minimum Gasteiger partial charge on any atom is -0.394 e. The lowest BCUT2D eigenvalue weighted by molar-refractivity contribution is -0.122. The van der Waals surface area contributed by atoms with Crippen LogP contribution in [-0.2, 0) is 9.53 Å². The van der Waals surface area contributed by atoms with Crippen molar-refractivity contribution in [2.45, 2.75) is 134 Å². The van der Waals surface area contributed by atoms with Crippen LogP contribution in [0.5, 0.6) is 0 Å². The molecule has 1 fully saturated rings. The van der Waals surface area contributed by atoms with Crippen molar-refractivity contribution in [3.05, 3.63) is 0 Å². The minimum atomic E-state index is -0.381. The van der Waals surface area contributed by atoms with E-state index in [4.69, 9.17) is 12.6 Å². The van der Waals surface area contributed by atoms with Gasteiger partial charge in [0.05, 0.1) is 12.6 Å². The van der Waals surface area contributed by atoms with E-state index in [-0.39, 0.29) is 30.7 Å². The van der Waals surface area contributed by atoms with Crippen molar-refractivity contribution < 1.29 is 14.6 Å². The van der Waals surface area contributed by atoms with Crippen molar-refractivity contribution in [1.29, 1.82) is 0 Å². The van der Waals surface area contributed by atoms with E-state index in [1.807, 2.05) is 0 Å². The SMILES string of the molecule is [B][C@H]1C[C@@H](NC(=O)CCCCCCCCCCCCCCCCC)[C@@H](CO)O1. The molecule has 1 heterocycles. The molecule has 5 heteroatoms. The molecule has 1 rings (SSSR count). The monoisotopic (exact) mass is 393 g/mol. The molecule has 1 amide bonds. The van der Waals surface area contributed by atoms with E-state index in [0.29, 0.717) is 12.8 Å². The number of aliphatic hydroxyl groups excluding tert-OH is 1. The van der Waals surface area contributed by atoms with E-state index >= 15 is 0 Å². The molecule has 0 aromatic carbocycles. The highest BCUT2D eigenvalue weighted by Gasteiger charge is 2.32. The Kier molecular flexibility index (Phi) is 15.8. The van der Waals surface area contributed by atoms with E-state index < -0.39 is 0 Å². The zero-order valence-corrected chi connectivity index (χ0v) is 18.3. The van der Waals surface area contributed by atoms with Crippen molar-refractivity contribution in [3.63, 3.8) is 0 Å². The summed E-state index contributed by atoms with van der Waals surface area (Å²) in [6.45, 7) is 2.17. The summed E-state index contributed by atoms with van der Waals surface area (Å²) in [6, 6.07) is -0.530. The number of carbonyl (C=O) groups excluding carboxylic acids is 1. The highest BCUT2D eigenvalue weighted by atomic mass is 16.5. The van der Waals surface area contributed by atoms with Crippen molar-refractivity contribution in [2.24, 2.45) is 0 Å². The maximum atomic E-state index is 12.0. The number of unbranched alkanes of at least 4 members (excludes halogenated alkanes) is 14. The van der Waals surface area contributed by atoms with Crippen LogP contribution >= 0.6 is 0 Å². The van der Waals surface area contributed by atoms with Gasteiger partial charge in [-0.3, -0.25) is 4.79 Å². The summed E-state index contributed by atoms with van der Waals surface area (Å²) < 4.78 is 5.37. The molecule has 0 aliphatic carbocycles. The standard InChI is InChI=1S/C23H44BNO3/c1-2-3-4-5-6-7-8-9-10-11-12-13-14-15-16-17-23(27)25-20-18-22(24)28-21(20)19-26/h20-22,26H,2-19H2,1H3,(H,25,27)/t20-,21-,22-/m1/s1. The summed E-state index contributed by atoms with van der Waals surface area (Å²) in [5.74, 6) is 0.0517. The summed E-state index contributed by atoms with van der Waals surface area (Å²) in [4.78, 5) is 12.0. The van der Waals surface area contributed by atoms with E-state index in [1.165, 1.54) is 83.5 Å². The highest BCUT2D eigenvalue weighted by molar-refractivity contribution is 6.11. The van der Waals surface area contributed by atoms with Gasteiger partial charge < -0.3 is 15.2 Å². The summed E-state index contributed by atoms with van der Waals surface area (Å²) in [7, 11) is 5.72. The van der Waals surface area contributed by atoms with Gasteiger partial charge in [0.2, 0.25) is 5.91 Å². The maximum absolute atomic E-state index is 12.0. The summed E-state index contributed by atoms with van der Waals surface area (Å²) in [5, 5.41) is 12.2. The minimum absolute atomic E-state index is 0.0517. The summed E-state index contributed by atoms with van der Waals surface area (Å²) >= 11 is 0. The third kappa shape index (κ3) is 12.8. The third-order valence-corrected chi connectivity index (χ3v) is 5.82. The lowest BCUT2D eigenvalue weighted by atomic mass is 9.95. The number of hydrogen-bond donors (Lipinski definition) is 2. The van der Waals surface area contributed by atoms with E-state index in [1.54, 1.807) is 0 Å². The number of nitrogens with one attached hydrogen (secondary N) is 1. The van der Waals surface area contributed by atoms with Crippen LogP contribution in [0.4, 0.5) is 0 Å². The van der Waals surface area contributed by atoms with Gasteiger partial charge >= 0.3 is 0 Å². The molecule has 0 aromatic heterocycles. The van der Waals surface area contributed by atoms with Crippen LogP contribution in [0, 0.1) is 0 Å². The predicted octanol–water partition coefficient (Wildman–Crippen LogP) is 5.01. The lowest BCUT2D eigenvalue weighted by Gasteiger charge is -2.17. The second kappa shape index (κ2) is 17.3. The molecule has 1 saturated heterocycles. The van der Waals surface area contributed by atoms with E-state index in [9.17, 15) is 9.90 Å². The number of amides is 1. The Morgan fingerprint density at radius 1 is 0.893 bits per heavy atom. The average molecular weight is 393 g/mol. The molecule has 3 atom stereocenters. The Bertz CT molecular complexity index is 381. The van der Waals surface area contributed by atoms with E-state index in [2.05, 4.69) is 12.2 Å². The van der Waals surface area contributed by atoms with Gasteiger partial charge in [0, 0.05) is 12.4 Å². The van der Waals surface area contributed by atoms with Gasteiger partial charge in [-0.1, -0.05) is 96.8 Å². The predicted molar refractivity (Wildman–Crippen MR) is 118 cm³/mol. The van der Waals surface area contributed by atoms with Crippen LogP contribution < -0.4 is 5.32 Å². The smallest absolute Gasteiger partial charge is 0.220 e. The van der Waals surface area contributed by atoms with Gasteiger partial charge in [-0.05, 0) is 12.8 Å². The first kappa shape index (κ1) is 25.5. The molecule has 0 bridgehead atoms. The Morgan fingerprint density at radius 3 is 1.82 bits per heavy atom. The summed E-state index contributed by atoms with van der Waals surface area (Å²) in [5.41, 5.74) is 0. The zero-order chi connectivity index (χ0) is 20.5. The quantitative estimate of drug-likeness (QED) is 0.254. The average Bonchev–Trinajstić information content (AvgIpc) is 3.04. The van der Waals surface area contributed by atoms with Crippen LogP contribution in [0.3, 0.4) is 0 Å². The molecular weight excluding hydrogens is 349 g/mol. The Hall–Kier alpha value is -0.545. The maximum Gasteiger partial charge on any atom is 0.220 e.